The van der Waals surface area contributed by atoms with Crippen LogP contribution in [0.4, 0.5) is 22.0 Å². The molecule has 0 atom stereocenters. The van der Waals surface area contributed by atoms with E-state index in [1.54, 1.807) is 5.32 Å². The van der Waals surface area contributed by atoms with Gasteiger partial charge in [0.15, 0.2) is 23.3 Å². The molecule has 98 valence electrons. The lowest BCUT2D eigenvalue weighted by molar-refractivity contribution is -0.117. The fraction of sp³-hybridized carbons (Fsp3) is 0.111. The number of primary amides is 1. The van der Waals surface area contributed by atoms with E-state index in [0.717, 1.165) is 0 Å². The number of rotatable bonds is 3. The number of benzene rings is 1. The lowest BCUT2D eigenvalue weighted by atomic mass is 10.1. The van der Waals surface area contributed by atoms with Crippen molar-refractivity contribution >= 4 is 11.8 Å². The first kappa shape index (κ1) is 13.9. The quantitative estimate of drug-likeness (QED) is 0.478. The molecule has 0 aliphatic carbocycles. The molecule has 1 aromatic rings. The summed E-state index contributed by atoms with van der Waals surface area (Å²) in [7, 11) is 0. The fourth-order valence-corrected chi connectivity index (χ4v) is 1.06. The van der Waals surface area contributed by atoms with E-state index in [0.29, 0.717) is 0 Å². The first-order valence-corrected chi connectivity index (χ1v) is 4.35. The maximum absolute atomic E-state index is 13.1. The van der Waals surface area contributed by atoms with Crippen molar-refractivity contribution in [2.75, 3.05) is 6.54 Å². The third-order valence-electron chi connectivity index (χ3n) is 1.86. The molecule has 0 aliphatic heterocycles. The molecule has 9 heteroatoms. The third-order valence-corrected chi connectivity index (χ3v) is 1.86. The van der Waals surface area contributed by atoms with Gasteiger partial charge in [0.25, 0.3) is 5.91 Å². The molecule has 0 saturated heterocycles. The molecule has 4 nitrogen and oxygen atoms in total. The number of hydrogen-bond donors (Lipinski definition) is 2. The number of amides is 2. The average Bonchev–Trinajstić information content (AvgIpc) is 2.31. The van der Waals surface area contributed by atoms with Gasteiger partial charge in [-0.05, 0) is 0 Å². The van der Waals surface area contributed by atoms with Gasteiger partial charge in [-0.2, -0.15) is 0 Å². The van der Waals surface area contributed by atoms with Crippen LogP contribution in [-0.4, -0.2) is 18.4 Å². The maximum Gasteiger partial charge on any atom is 0.257 e. The van der Waals surface area contributed by atoms with Gasteiger partial charge in [-0.3, -0.25) is 9.59 Å². The van der Waals surface area contributed by atoms with E-state index in [-0.39, 0.29) is 0 Å². The van der Waals surface area contributed by atoms with Gasteiger partial charge >= 0.3 is 0 Å². The van der Waals surface area contributed by atoms with Crippen molar-refractivity contribution in [2.24, 2.45) is 5.73 Å². The lowest BCUT2D eigenvalue weighted by Crippen LogP contribution is -2.34. The van der Waals surface area contributed by atoms with Gasteiger partial charge in [0.2, 0.25) is 11.7 Å². The number of halogens is 5. The molecule has 0 aliphatic rings. The van der Waals surface area contributed by atoms with Crippen LogP contribution in [-0.2, 0) is 4.79 Å². The second kappa shape index (κ2) is 4.98. The highest BCUT2D eigenvalue weighted by Gasteiger charge is 2.29. The molecule has 18 heavy (non-hydrogen) atoms. The van der Waals surface area contributed by atoms with Crippen molar-refractivity contribution in [3.05, 3.63) is 34.6 Å². The van der Waals surface area contributed by atoms with Crippen molar-refractivity contribution in [1.29, 1.82) is 0 Å². The van der Waals surface area contributed by atoms with Crippen molar-refractivity contribution in [3.8, 4) is 0 Å². The summed E-state index contributed by atoms with van der Waals surface area (Å²) in [6.45, 7) is -0.807. The number of carbonyl (C=O) groups excluding carboxylic acids is 2. The van der Waals surface area contributed by atoms with Gasteiger partial charge in [0, 0.05) is 0 Å². The Morgan fingerprint density at radius 3 is 1.67 bits per heavy atom. The molecule has 3 N–H and O–H groups in total. The Labute approximate surface area is 96.6 Å². The summed E-state index contributed by atoms with van der Waals surface area (Å²) in [6.07, 6.45) is 0. The summed E-state index contributed by atoms with van der Waals surface area (Å²) in [5.74, 6) is -14.1. The minimum atomic E-state index is -2.38. The monoisotopic (exact) mass is 268 g/mol. The van der Waals surface area contributed by atoms with E-state index >= 15 is 0 Å². The molecule has 2 amide bonds. The molecule has 0 bridgehead atoms. The van der Waals surface area contributed by atoms with Crippen LogP contribution in [0.5, 0.6) is 0 Å². The van der Waals surface area contributed by atoms with Crippen molar-refractivity contribution in [1.82, 2.24) is 5.32 Å². The van der Waals surface area contributed by atoms with Crippen molar-refractivity contribution in [3.63, 3.8) is 0 Å². The van der Waals surface area contributed by atoms with Crippen molar-refractivity contribution < 1.29 is 31.5 Å². The van der Waals surface area contributed by atoms with Gasteiger partial charge in [-0.1, -0.05) is 0 Å². The second-order valence-electron chi connectivity index (χ2n) is 3.09. The van der Waals surface area contributed by atoms with Gasteiger partial charge in [0.05, 0.1) is 6.54 Å². The topological polar surface area (TPSA) is 72.2 Å². The highest BCUT2D eigenvalue weighted by molar-refractivity contribution is 5.96. The van der Waals surface area contributed by atoms with Crippen LogP contribution in [0.1, 0.15) is 10.4 Å². The van der Waals surface area contributed by atoms with Crippen LogP contribution < -0.4 is 11.1 Å². The molecule has 0 radical (unpaired) electrons. The minimum Gasteiger partial charge on any atom is -0.368 e. The fourth-order valence-electron chi connectivity index (χ4n) is 1.06. The summed E-state index contributed by atoms with van der Waals surface area (Å²) in [6, 6.07) is 0. The van der Waals surface area contributed by atoms with Crippen LogP contribution in [0.3, 0.4) is 0 Å². The smallest absolute Gasteiger partial charge is 0.257 e. The van der Waals surface area contributed by atoms with E-state index in [9.17, 15) is 31.5 Å². The van der Waals surface area contributed by atoms with E-state index in [4.69, 9.17) is 0 Å². The molecular weight excluding hydrogens is 263 g/mol. The standard InChI is InChI=1S/C9H5F5N2O2/c10-4-3(9(18)16-1-2(15)17)5(11)7(13)8(14)6(4)12/h1H2,(H2,15,17)(H,16,18). The first-order valence-electron chi connectivity index (χ1n) is 4.35. The SMILES string of the molecule is NC(=O)CNC(=O)c1c(F)c(F)c(F)c(F)c1F. The minimum absolute atomic E-state index is 0.807. The van der Waals surface area contributed by atoms with Gasteiger partial charge < -0.3 is 11.1 Å². The molecule has 0 heterocycles. The van der Waals surface area contributed by atoms with Gasteiger partial charge in [-0.15, -0.1) is 0 Å². The Balaban J connectivity index is 3.24. The van der Waals surface area contributed by atoms with E-state index < -0.39 is 53.0 Å². The molecule has 1 aromatic carbocycles. The third kappa shape index (κ3) is 2.39. The maximum atomic E-state index is 13.1. The summed E-state index contributed by atoms with van der Waals surface area (Å²) >= 11 is 0. The Bertz CT molecular complexity index is 503. The molecule has 0 unspecified atom stereocenters. The van der Waals surface area contributed by atoms with Crippen LogP contribution >= 0.6 is 0 Å². The summed E-state index contributed by atoms with van der Waals surface area (Å²) in [4.78, 5) is 21.5. The molecular formula is C9H5F5N2O2. The Hall–Kier alpha value is -2.19. The van der Waals surface area contributed by atoms with Crippen LogP contribution in [0.2, 0.25) is 0 Å². The predicted molar refractivity (Wildman–Crippen MR) is 47.8 cm³/mol. The summed E-state index contributed by atoms with van der Waals surface area (Å²) in [5.41, 5.74) is 2.96. The summed E-state index contributed by atoms with van der Waals surface area (Å²) in [5, 5.41) is 1.60. The second-order valence-corrected chi connectivity index (χ2v) is 3.09. The van der Waals surface area contributed by atoms with Gasteiger partial charge in [-0.25, -0.2) is 22.0 Å². The Kier molecular flexibility index (Phi) is 3.84. The number of nitrogens with one attached hydrogen (secondary N) is 1. The average molecular weight is 268 g/mol. The number of nitrogens with two attached hydrogens (primary N) is 1. The van der Waals surface area contributed by atoms with Crippen LogP contribution in [0, 0.1) is 29.1 Å². The van der Waals surface area contributed by atoms with Crippen LogP contribution in [0.25, 0.3) is 0 Å². The van der Waals surface area contributed by atoms with E-state index in [1.165, 1.54) is 0 Å². The molecule has 1 rings (SSSR count). The zero-order valence-electron chi connectivity index (χ0n) is 8.49. The highest BCUT2D eigenvalue weighted by Crippen LogP contribution is 2.22. The normalized spacial score (nSPS) is 10.3. The molecule has 0 saturated carbocycles. The lowest BCUT2D eigenvalue weighted by Gasteiger charge is -2.07. The van der Waals surface area contributed by atoms with Crippen molar-refractivity contribution in [2.45, 2.75) is 0 Å². The highest BCUT2D eigenvalue weighted by atomic mass is 19.2. The predicted octanol–water partition coefficient (Wildman–Crippen LogP) is 0.597. The number of carbonyl (C=O) groups is 2. The summed E-state index contributed by atoms with van der Waals surface area (Å²) < 4.78 is 64.3. The van der Waals surface area contributed by atoms with E-state index in [1.807, 2.05) is 0 Å². The first-order chi connectivity index (χ1) is 8.27. The molecule has 0 spiro atoms. The Morgan fingerprint density at radius 2 is 1.28 bits per heavy atom. The largest absolute Gasteiger partial charge is 0.368 e. The van der Waals surface area contributed by atoms with Crippen LogP contribution in [0.15, 0.2) is 0 Å². The molecule has 0 aromatic heterocycles. The molecule has 0 fully saturated rings. The number of hydrogen-bond acceptors (Lipinski definition) is 2. The Morgan fingerprint density at radius 1 is 0.889 bits per heavy atom. The zero-order chi connectivity index (χ0) is 14.0. The van der Waals surface area contributed by atoms with E-state index in [2.05, 4.69) is 5.73 Å². The van der Waals surface area contributed by atoms with Gasteiger partial charge in [0.1, 0.15) is 5.56 Å². The zero-order valence-corrected chi connectivity index (χ0v) is 8.49.